The second-order valence-electron chi connectivity index (χ2n) is 10.9. The number of hydrogen-bond acceptors (Lipinski definition) is 6. The van der Waals surface area contributed by atoms with Crippen LogP contribution in [0.15, 0.2) is 35.3 Å². The lowest BCUT2D eigenvalue weighted by molar-refractivity contribution is 0.101. The molecule has 0 unspecified atom stereocenters. The van der Waals surface area contributed by atoms with Gasteiger partial charge in [-0.15, -0.1) is 13.2 Å². The molecule has 0 aromatic carbocycles. The number of hydrogen-bond donors (Lipinski definition) is 0. The molecule has 0 saturated heterocycles. The summed E-state index contributed by atoms with van der Waals surface area (Å²) in [4.78, 5) is 15.3. The van der Waals surface area contributed by atoms with Gasteiger partial charge in [-0.3, -0.25) is 19.8 Å². The van der Waals surface area contributed by atoms with Crippen molar-refractivity contribution in [1.29, 1.82) is 0 Å². The van der Waals surface area contributed by atoms with Crippen LogP contribution in [0.1, 0.15) is 88.0 Å². The fourth-order valence-electron chi connectivity index (χ4n) is 4.94. The first-order chi connectivity index (χ1) is 14.7. The minimum Gasteiger partial charge on any atom is -0.265 e. The zero-order chi connectivity index (χ0) is 24.4. The van der Waals surface area contributed by atoms with Gasteiger partial charge in [-0.05, 0) is 61.8 Å². The summed E-state index contributed by atoms with van der Waals surface area (Å²) in [5.41, 5.74) is -0.642. The highest BCUT2D eigenvalue weighted by Crippen LogP contribution is 2.46. The van der Waals surface area contributed by atoms with Gasteiger partial charge in [0.15, 0.2) is 0 Å². The van der Waals surface area contributed by atoms with Crippen LogP contribution in [0.25, 0.3) is 0 Å². The fraction of sp³-hybridized carbons (Fsp3) is 0.769. The molecule has 2 aliphatic heterocycles. The van der Waals surface area contributed by atoms with Crippen LogP contribution in [0.4, 0.5) is 0 Å². The Bertz CT molecular complexity index is 691. The number of thioether (sulfide) groups is 2. The van der Waals surface area contributed by atoms with E-state index in [0.29, 0.717) is 4.58 Å². The number of nitrogens with zero attached hydrogens (tertiary/aromatic N) is 4. The van der Waals surface area contributed by atoms with Crippen molar-refractivity contribution in [3.05, 3.63) is 25.3 Å². The third kappa shape index (κ3) is 5.73. The van der Waals surface area contributed by atoms with Crippen LogP contribution >= 0.6 is 23.5 Å². The van der Waals surface area contributed by atoms with E-state index in [1.54, 1.807) is 0 Å². The van der Waals surface area contributed by atoms with Crippen molar-refractivity contribution in [1.82, 2.24) is 9.80 Å². The summed E-state index contributed by atoms with van der Waals surface area (Å²) in [7, 11) is 0. The zero-order valence-corrected chi connectivity index (χ0v) is 23.6. The minimum atomic E-state index is -0.217. The van der Waals surface area contributed by atoms with E-state index in [1.165, 1.54) is 29.3 Å². The summed E-state index contributed by atoms with van der Waals surface area (Å²) in [5.74, 6) is 0. The molecule has 0 aromatic heterocycles. The quantitative estimate of drug-likeness (QED) is 0.189. The Morgan fingerprint density at radius 2 is 1.19 bits per heavy atom. The first-order valence-electron chi connectivity index (χ1n) is 12.0. The van der Waals surface area contributed by atoms with Gasteiger partial charge >= 0.3 is 0 Å². The molecule has 2 rings (SSSR count). The van der Waals surface area contributed by atoms with Crippen molar-refractivity contribution in [3.63, 3.8) is 0 Å². The van der Waals surface area contributed by atoms with Crippen LogP contribution in [-0.4, -0.2) is 60.0 Å². The average molecular weight is 479 g/mol. The van der Waals surface area contributed by atoms with Crippen molar-refractivity contribution in [2.24, 2.45) is 9.98 Å². The maximum absolute atomic E-state index is 5.21. The molecule has 0 aromatic rings. The first-order valence-corrected chi connectivity index (χ1v) is 13.8. The third-order valence-corrected chi connectivity index (χ3v) is 9.82. The van der Waals surface area contributed by atoms with E-state index in [2.05, 4.69) is 85.3 Å². The van der Waals surface area contributed by atoms with E-state index < -0.39 is 0 Å². The molecular formula is C26H46N4S2. The number of rotatable bonds is 10. The maximum atomic E-state index is 5.21. The first kappa shape index (κ1) is 27.7. The Morgan fingerprint density at radius 1 is 0.781 bits per heavy atom. The van der Waals surface area contributed by atoms with Crippen LogP contribution in [0, 0.1) is 0 Å². The molecule has 0 saturated carbocycles. The lowest BCUT2D eigenvalue weighted by Crippen LogP contribution is -2.52. The smallest absolute Gasteiger partial charge is 0.109 e. The van der Waals surface area contributed by atoms with E-state index in [0.717, 1.165) is 19.5 Å². The van der Waals surface area contributed by atoms with Gasteiger partial charge < -0.3 is 0 Å². The lowest BCUT2D eigenvalue weighted by Gasteiger charge is -2.39. The summed E-state index contributed by atoms with van der Waals surface area (Å²) in [6.45, 7) is 30.0. The highest BCUT2D eigenvalue weighted by Gasteiger charge is 2.50. The highest BCUT2D eigenvalue weighted by molar-refractivity contribution is 8.30. The molecule has 0 atom stereocenters. The molecule has 0 spiro atoms. The van der Waals surface area contributed by atoms with Crippen molar-refractivity contribution >= 4 is 33.6 Å². The summed E-state index contributed by atoms with van der Waals surface area (Å²) in [5, 5.41) is 2.47. The second kappa shape index (κ2) is 10.4. The average Bonchev–Trinajstić information content (AvgIpc) is 2.94. The monoisotopic (exact) mass is 478 g/mol. The molecule has 6 heteroatoms. The highest BCUT2D eigenvalue weighted by atomic mass is 32.2. The maximum Gasteiger partial charge on any atom is 0.109 e. The summed E-state index contributed by atoms with van der Waals surface area (Å²) in [6, 6.07) is 0. The van der Waals surface area contributed by atoms with Gasteiger partial charge in [0.05, 0.1) is 25.7 Å². The molecular weight excluding hydrogens is 432 g/mol. The van der Waals surface area contributed by atoms with E-state index >= 15 is 0 Å². The van der Waals surface area contributed by atoms with Crippen molar-refractivity contribution in [2.75, 3.05) is 13.1 Å². The molecule has 0 fully saturated rings. The van der Waals surface area contributed by atoms with Crippen molar-refractivity contribution < 1.29 is 0 Å². The van der Waals surface area contributed by atoms with Gasteiger partial charge in [0.25, 0.3) is 0 Å². The molecule has 0 amide bonds. The SMILES string of the molecule is C=CCN1C(C)(C)N=C(SC(CCCCC)SC2=NC(C)(C)N(CC=C)C2(C)C)C1(C)C. The van der Waals surface area contributed by atoms with Crippen molar-refractivity contribution in [2.45, 2.75) is 115 Å². The molecule has 0 aliphatic carbocycles. The Hall–Kier alpha value is -0.560. The summed E-state index contributed by atoms with van der Waals surface area (Å²) < 4.78 is 0.400. The van der Waals surface area contributed by atoms with Crippen LogP contribution in [-0.2, 0) is 0 Å². The fourth-order valence-corrected chi connectivity index (χ4v) is 8.10. The standard InChI is InChI=1S/C26H46N4S2/c1-12-15-16-17-20(31-21-23(4,5)29(18-13-2)25(8,9)27-21)32-22-24(6,7)30(19-14-3)26(10,11)28-22/h13-14,20H,2-3,12,15-19H2,1,4-11H3. The number of unbranched alkanes of at least 4 members (excludes halogenated alkanes) is 2. The van der Waals surface area contributed by atoms with Crippen LogP contribution < -0.4 is 0 Å². The molecule has 0 bridgehead atoms. The largest absolute Gasteiger partial charge is 0.265 e. The summed E-state index contributed by atoms with van der Waals surface area (Å²) >= 11 is 3.92. The molecule has 2 aliphatic rings. The van der Waals surface area contributed by atoms with Gasteiger partial charge in [0.1, 0.15) is 11.3 Å². The minimum absolute atomic E-state index is 0.104. The zero-order valence-electron chi connectivity index (χ0n) is 22.0. The van der Waals surface area contributed by atoms with E-state index in [4.69, 9.17) is 9.98 Å². The predicted octanol–water partition coefficient (Wildman–Crippen LogP) is 7.19. The van der Waals surface area contributed by atoms with Gasteiger partial charge in [-0.1, -0.05) is 61.9 Å². The third-order valence-electron chi connectivity index (χ3n) is 6.62. The van der Waals surface area contributed by atoms with E-state index in [-0.39, 0.29) is 22.4 Å². The molecule has 4 nitrogen and oxygen atoms in total. The molecule has 0 N–H and O–H groups in total. The predicted molar refractivity (Wildman–Crippen MR) is 148 cm³/mol. The Labute approximate surface area is 206 Å². The van der Waals surface area contributed by atoms with Gasteiger partial charge in [-0.25, -0.2) is 0 Å². The topological polar surface area (TPSA) is 31.2 Å². The molecule has 182 valence electrons. The normalized spacial score (nSPS) is 23.9. The molecule has 32 heavy (non-hydrogen) atoms. The van der Waals surface area contributed by atoms with Gasteiger partial charge in [0, 0.05) is 13.1 Å². The Morgan fingerprint density at radius 3 is 1.53 bits per heavy atom. The van der Waals surface area contributed by atoms with Gasteiger partial charge in [-0.2, -0.15) is 0 Å². The van der Waals surface area contributed by atoms with Crippen LogP contribution in [0.3, 0.4) is 0 Å². The number of aliphatic imine (C=N–C) groups is 2. The van der Waals surface area contributed by atoms with E-state index in [1.807, 2.05) is 35.7 Å². The lowest BCUT2D eigenvalue weighted by atomic mass is 10.0. The molecule has 0 radical (unpaired) electrons. The molecule has 2 heterocycles. The second-order valence-corrected chi connectivity index (χ2v) is 13.6. The van der Waals surface area contributed by atoms with E-state index in [9.17, 15) is 0 Å². The van der Waals surface area contributed by atoms with Crippen LogP contribution in [0.2, 0.25) is 0 Å². The Kier molecular flexibility index (Phi) is 8.97. The summed E-state index contributed by atoms with van der Waals surface area (Å²) in [6.07, 6.45) is 8.89. The van der Waals surface area contributed by atoms with Crippen molar-refractivity contribution in [3.8, 4) is 0 Å². The van der Waals surface area contributed by atoms with Crippen LogP contribution in [0.5, 0.6) is 0 Å². The Balaban J connectivity index is 2.30. The van der Waals surface area contributed by atoms with Gasteiger partial charge in [0.2, 0.25) is 0 Å².